The summed E-state index contributed by atoms with van der Waals surface area (Å²) < 4.78 is 2.00. The largest absolute Gasteiger partial charge is 0.347 e. The zero-order chi connectivity index (χ0) is 15.2. The van der Waals surface area contributed by atoms with Crippen LogP contribution in [-0.2, 0) is 19.4 Å². The van der Waals surface area contributed by atoms with E-state index in [1.807, 2.05) is 10.9 Å². The predicted molar refractivity (Wildman–Crippen MR) is 85.6 cm³/mol. The lowest BCUT2D eigenvalue weighted by Crippen LogP contribution is -2.26. The van der Waals surface area contributed by atoms with Gasteiger partial charge in [-0.1, -0.05) is 25.4 Å². The molecule has 1 atom stereocenters. The normalized spacial score (nSPS) is 12.8. The molecule has 21 heavy (non-hydrogen) atoms. The highest BCUT2D eigenvalue weighted by Gasteiger charge is 2.21. The van der Waals surface area contributed by atoms with Gasteiger partial charge in [-0.15, -0.1) is 0 Å². The molecule has 0 spiro atoms. The molecule has 2 N–H and O–H groups in total. The maximum atomic E-state index is 6.51. The highest BCUT2D eigenvalue weighted by Crippen LogP contribution is 2.26. The highest BCUT2D eigenvalue weighted by atomic mass is 35.5. The summed E-state index contributed by atoms with van der Waals surface area (Å²) in [5.74, 6) is 0.946. The van der Waals surface area contributed by atoms with Gasteiger partial charge in [-0.25, -0.2) is 4.98 Å². The Bertz CT molecular complexity index is 547. The molecule has 5 nitrogen and oxygen atoms in total. The summed E-state index contributed by atoms with van der Waals surface area (Å²) in [6.45, 7) is 8.10. The first-order valence-corrected chi connectivity index (χ1v) is 8.05. The van der Waals surface area contributed by atoms with Gasteiger partial charge < -0.3 is 10.3 Å². The van der Waals surface area contributed by atoms with E-state index < -0.39 is 0 Å². The maximum Gasteiger partial charge on any atom is 0.123 e. The summed E-state index contributed by atoms with van der Waals surface area (Å²) in [6, 6.07) is 0.129. The zero-order valence-electron chi connectivity index (χ0n) is 13.0. The zero-order valence-corrected chi connectivity index (χ0v) is 13.7. The van der Waals surface area contributed by atoms with Gasteiger partial charge in [0.05, 0.1) is 22.5 Å². The number of imidazole rings is 1. The number of aromatic amines is 1. The van der Waals surface area contributed by atoms with Crippen molar-refractivity contribution in [2.24, 2.45) is 0 Å². The van der Waals surface area contributed by atoms with Crippen LogP contribution in [0.5, 0.6) is 0 Å². The lowest BCUT2D eigenvalue weighted by atomic mass is 10.1. The Kier molecular flexibility index (Phi) is 5.82. The first kappa shape index (κ1) is 16.0. The summed E-state index contributed by atoms with van der Waals surface area (Å²) in [4.78, 5) is 7.58. The number of hydrogen-bond donors (Lipinski definition) is 2. The van der Waals surface area contributed by atoms with Crippen LogP contribution in [0, 0.1) is 0 Å². The third kappa shape index (κ3) is 3.66. The first-order valence-electron chi connectivity index (χ1n) is 7.67. The maximum absolute atomic E-state index is 6.51. The molecule has 0 radical (unpaired) electrons. The summed E-state index contributed by atoms with van der Waals surface area (Å²) in [5.41, 5.74) is 2.06. The number of aromatic nitrogens is 4. The molecule has 0 aliphatic rings. The minimum Gasteiger partial charge on any atom is -0.347 e. The molecule has 0 saturated heterocycles. The number of nitrogens with one attached hydrogen (secondary N) is 2. The van der Waals surface area contributed by atoms with E-state index in [1.54, 1.807) is 6.20 Å². The van der Waals surface area contributed by atoms with Gasteiger partial charge in [-0.2, -0.15) is 5.10 Å². The predicted octanol–water partition coefficient (Wildman–Crippen LogP) is 3.13. The monoisotopic (exact) mass is 309 g/mol. The molecular weight excluding hydrogens is 286 g/mol. The van der Waals surface area contributed by atoms with E-state index in [-0.39, 0.29) is 6.04 Å². The van der Waals surface area contributed by atoms with E-state index in [0.29, 0.717) is 0 Å². The van der Waals surface area contributed by atoms with Crippen LogP contribution in [0.1, 0.15) is 50.4 Å². The Morgan fingerprint density at radius 3 is 2.76 bits per heavy atom. The van der Waals surface area contributed by atoms with Crippen molar-refractivity contribution < 1.29 is 0 Å². The van der Waals surface area contributed by atoms with Crippen molar-refractivity contribution in [2.75, 3.05) is 6.54 Å². The molecule has 0 aliphatic heterocycles. The average molecular weight is 310 g/mol. The number of H-pyrrole nitrogens is 1. The number of halogens is 1. The van der Waals surface area contributed by atoms with Crippen LogP contribution in [0.25, 0.3) is 0 Å². The van der Waals surface area contributed by atoms with E-state index >= 15 is 0 Å². The van der Waals surface area contributed by atoms with E-state index in [9.17, 15) is 0 Å². The molecule has 2 heterocycles. The molecule has 0 saturated carbocycles. The van der Waals surface area contributed by atoms with Crippen molar-refractivity contribution in [1.29, 1.82) is 0 Å². The summed E-state index contributed by atoms with van der Waals surface area (Å²) in [7, 11) is 0. The van der Waals surface area contributed by atoms with Gasteiger partial charge in [-0.05, 0) is 26.3 Å². The molecule has 116 valence electrons. The third-order valence-electron chi connectivity index (χ3n) is 3.58. The molecule has 6 heteroatoms. The van der Waals surface area contributed by atoms with E-state index in [0.717, 1.165) is 54.6 Å². The Labute approximate surface area is 131 Å². The average Bonchev–Trinajstić information content (AvgIpc) is 3.12. The summed E-state index contributed by atoms with van der Waals surface area (Å²) in [6.07, 6.45) is 6.36. The van der Waals surface area contributed by atoms with Crippen LogP contribution in [0.15, 0.2) is 12.4 Å². The van der Waals surface area contributed by atoms with Crippen LogP contribution >= 0.6 is 11.6 Å². The van der Waals surface area contributed by atoms with Crippen molar-refractivity contribution >= 4 is 11.6 Å². The molecule has 2 aromatic rings. The van der Waals surface area contributed by atoms with Crippen molar-refractivity contribution in [3.8, 4) is 0 Å². The van der Waals surface area contributed by atoms with Gasteiger partial charge in [0.2, 0.25) is 0 Å². The number of rotatable bonds is 8. The van der Waals surface area contributed by atoms with E-state index in [1.165, 1.54) is 0 Å². The van der Waals surface area contributed by atoms with Crippen molar-refractivity contribution in [1.82, 2.24) is 25.1 Å². The van der Waals surface area contributed by atoms with Gasteiger partial charge in [0.15, 0.2) is 0 Å². The topological polar surface area (TPSA) is 58.5 Å². The van der Waals surface area contributed by atoms with Crippen LogP contribution in [0.3, 0.4) is 0 Å². The van der Waals surface area contributed by atoms with Gasteiger partial charge in [0.1, 0.15) is 5.82 Å². The highest BCUT2D eigenvalue weighted by molar-refractivity contribution is 6.31. The van der Waals surface area contributed by atoms with E-state index in [4.69, 9.17) is 11.6 Å². The molecule has 0 bridgehead atoms. The van der Waals surface area contributed by atoms with Crippen LogP contribution in [0.4, 0.5) is 0 Å². The fourth-order valence-electron chi connectivity index (χ4n) is 2.46. The first-order chi connectivity index (χ1) is 10.2. The molecule has 0 aliphatic carbocycles. The van der Waals surface area contributed by atoms with Gasteiger partial charge in [0.25, 0.3) is 0 Å². The summed E-state index contributed by atoms with van der Waals surface area (Å²) in [5, 5.41) is 8.92. The lowest BCUT2D eigenvalue weighted by Gasteiger charge is -2.17. The smallest absolute Gasteiger partial charge is 0.123 e. The molecule has 1 unspecified atom stereocenters. The lowest BCUT2D eigenvalue weighted by molar-refractivity contribution is 0.486. The molecular formula is C15H24ClN5. The minimum atomic E-state index is 0.129. The number of nitrogens with zero attached hydrogens (tertiary/aromatic N) is 3. The van der Waals surface area contributed by atoms with Gasteiger partial charge in [-0.3, -0.25) is 4.68 Å². The van der Waals surface area contributed by atoms with Gasteiger partial charge in [0, 0.05) is 25.4 Å². The van der Waals surface area contributed by atoms with E-state index in [2.05, 4.69) is 41.2 Å². The van der Waals surface area contributed by atoms with Crippen molar-refractivity contribution in [3.05, 3.63) is 34.6 Å². The second-order valence-corrected chi connectivity index (χ2v) is 5.44. The molecule has 0 fully saturated rings. The Hall–Kier alpha value is -1.33. The second-order valence-electron chi connectivity index (χ2n) is 5.06. The quantitative estimate of drug-likeness (QED) is 0.787. The second kappa shape index (κ2) is 7.61. The number of hydrogen-bond acceptors (Lipinski definition) is 3. The fraction of sp³-hybridized carbons (Fsp3) is 0.600. The van der Waals surface area contributed by atoms with Crippen LogP contribution in [-0.4, -0.2) is 26.3 Å². The Balaban J connectivity index is 2.25. The Morgan fingerprint density at radius 2 is 2.19 bits per heavy atom. The third-order valence-corrected chi connectivity index (χ3v) is 4.02. The fourth-order valence-corrected chi connectivity index (χ4v) is 2.80. The molecule has 2 rings (SSSR count). The van der Waals surface area contributed by atoms with Crippen LogP contribution in [0.2, 0.25) is 5.02 Å². The standard InChI is InChI=1S/C15H24ClN5/c1-4-7-17-12(15-18-8-9-19-15)10-13-14(16)11(5-2)20-21(13)6-3/h8-9,12,17H,4-7,10H2,1-3H3,(H,18,19). The minimum absolute atomic E-state index is 0.129. The molecule has 0 amide bonds. The molecule has 0 aromatic carbocycles. The van der Waals surface area contributed by atoms with Gasteiger partial charge >= 0.3 is 0 Å². The Morgan fingerprint density at radius 1 is 1.38 bits per heavy atom. The summed E-state index contributed by atoms with van der Waals surface area (Å²) >= 11 is 6.51. The van der Waals surface area contributed by atoms with Crippen molar-refractivity contribution in [3.63, 3.8) is 0 Å². The van der Waals surface area contributed by atoms with Crippen LogP contribution < -0.4 is 5.32 Å². The van der Waals surface area contributed by atoms with Crippen molar-refractivity contribution in [2.45, 2.75) is 52.6 Å². The molecule has 2 aromatic heterocycles. The SMILES string of the molecule is CCCNC(Cc1c(Cl)c(CC)nn1CC)c1ncc[nH]1. The number of aryl methyl sites for hydroxylation is 2.